The topological polar surface area (TPSA) is 83.6 Å². The van der Waals surface area contributed by atoms with Gasteiger partial charge in [-0.15, -0.1) is 0 Å². The third-order valence-electron chi connectivity index (χ3n) is 4.06. The van der Waals surface area contributed by atoms with Crippen molar-refractivity contribution in [1.82, 2.24) is 10.2 Å². The predicted octanol–water partition coefficient (Wildman–Crippen LogP) is 2.10. The summed E-state index contributed by atoms with van der Waals surface area (Å²) in [6, 6.07) is 14.7. The first-order chi connectivity index (χ1) is 12.0. The summed E-state index contributed by atoms with van der Waals surface area (Å²) >= 11 is 0. The van der Waals surface area contributed by atoms with Gasteiger partial charge in [-0.25, -0.2) is 13.2 Å². The molecule has 0 atom stereocenters. The molecule has 0 unspecified atom stereocenters. The Bertz CT molecular complexity index is 878. The van der Waals surface area contributed by atoms with Crippen molar-refractivity contribution in [3.05, 3.63) is 65.7 Å². The number of imide groups is 1. The zero-order valence-corrected chi connectivity index (χ0v) is 14.3. The molecule has 130 valence electrons. The van der Waals surface area contributed by atoms with E-state index in [1.54, 1.807) is 54.6 Å². The average Bonchev–Trinajstić information content (AvgIpc) is 2.60. The first kappa shape index (κ1) is 17.2. The molecule has 7 heteroatoms. The van der Waals surface area contributed by atoms with Crippen LogP contribution in [0.4, 0.5) is 4.79 Å². The number of carbonyl (C=O) groups excluding carboxylic acids is 2. The van der Waals surface area contributed by atoms with E-state index in [4.69, 9.17) is 0 Å². The summed E-state index contributed by atoms with van der Waals surface area (Å²) in [5.74, 6) is -0.443. The van der Waals surface area contributed by atoms with E-state index in [1.165, 1.54) is 0 Å². The summed E-state index contributed by atoms with van der Waals surface area (Å²) in [6.45, 7) is 0.392. The number of nitrogens with one attached hydrogen (secondary N) is 1. The monoisotopic (exact) mass is 358 g/mol. The van der Waals surface area contributed by atoms with Crippen LogP contribution in [0.25, 0.3) is 0 Å². The molecule has 3 rings (SSSR count). The molecule has 1 heterocycles. The first-order valence-electron chi connectivity index (χ1n) is 7.90. The van der Waals surface area contributed by atoms with Crippen LogP contribution in [0.15, 0.2) is 59.5 Å². The van der Waals surface area contributed by atoms with E-state index in [-0.39, 0.29) is 29.5 Å². The molecule has 1 aliphatic heterocycles. The maximum Gasteiger partial charge on any atom is 0.324 e. The van der Waals surface area contributed by atoms with E-state index in [0.717, 1.165) is 4.90 Å². The Balaban J connectivity index is 1.86. The van der Waals surface area contributed by atoms with Crippen molar-refractivity contribution >= 4 is 21.8 Å². The number of amides is 3. The first-order valence-corrected chi connectivity index (χ1v) is 9.55. The molecule has 1 saturated heterocycles. The number of nitrogens with zero attached hydrogens (tertiary/aromatic N) is 1. The summed E-state index contributed by atoms with van der Waals surface area (Å²) in [7, 11) is -3.51. The normalized spacial score (nSPS) is 15.1. The number of hydrogen-bond acceptors (Lipinski definition) is 4. The van der Waals surface area contributed by atoms with Gasteiger partial charge in [-0.1, -0.05) is 42.5 Å². The van der Waals surface area contributed by atoms with Gasteiger partial charge in [0.05, 0.1) is 17.2 Å². The van der Waals surface area contributed by atoms with Gasteiger partial charge in [-0.05, 0) is 23.3 Å². The van der Waals surface area contributed by atoms with Crippen LogP contribution in [-0.2, 0) is 26.9 Å². The molecule has 0 saturated carbocycles. The molecule has 6 nitrogen and oxygen atoms in total. The third kappa shape index (κ3) is 3.88. The van der Waals surface area contributed by atoms with Gasteiger partial charge in [-0.3, -0.25) is 9.69 Å². The average molecular weight is 358 g/mol. The summed E-state index contributed by atoms with van der Waals surface area (Å²) < 4.78 is 25.2. The molecule has 25 heavy (non-hydrogen) atoms. The Labute approximate surface area is 146 Å². The van der Waals surface area contributed by atoms with Gasteiger partial charge in [0.1, 0.15) is 0 Å². The highest BCUT2D eigenvalue weighted by atomic mass is 32.2. The lowest BCUT2D eigenvalue weighted by molar-refractivity contribution is -0.129. The number of hydrogen-bond donors (Lipinski definition) is 1. The molecular formula is C18H18N2O4S. The highest BCUT2D eigenvalue weighted by molar-refractivity contribution is 7.90. The maximum absolute atomic E-state index is 12.6. The summed E-state index contributed by atoms with van der Waals surface area (Å²) in [5.41, 5.74) is 1.23. The Hall–Kier alpha value is -2.67. The Morgan fingerprint density at radius 2 is 1.56 bits per heavy atom. The van der Waals surface area contributed by atoms with Gasteiger partial charge in [0.15, 0.2) is 9.84 Å². The largest absolute Gasteiger partial charge is 0.337 e. The smallest absolute Gasteiger partial charge is 0.324 e. The summed E-state index contributed by atoms with van der Waals surface area (Å²) in [5, 5.41) is 2.62. The highest BCUT2D eigenvalue weighted by Crippen LogP contribution is 2.20. The summed E-state index contributed by atoms with van der Waals surface area (Å²) in [6.07, 6.45) is 0.246. The van der Waals surface area contributed by atoms with Gasteiger partial charge in [0.2, 0.25) is 5.91 Å². The molecule has 2 aromatic rings. The molecule has 0 radical (unpaired) electrons. The van der Waals surface area contributed by atoms with Crippen LogP contribution in [0.1, 0.15) is 17.5 Å². The standard InChI is InChI=1S/C18H18N2O4S/c21-17-10-11-19-18(22)20(17)12-14-6-4-5-7-15(14)13-25(23,24)16-8-2-1-3-9-16/h1-9H,10-13H2,(H,19,22). The van der Waals surface area contributed by atoms with Crippen LogP contribution >= 0.6 is 0 Å². The Morgan fingerprint density at radius 1 is 0.920 bits per heavy atom. The number of carbonyl (C=O) groups is 2. The Morgan fingerprint density at radius 3 is 2.24 bits per heavy atom. The Kier molecular flexibility index (Phi) is 4.85. The highest BCUT2D eigenvalue weighted by Gasteiger charge is 2.27. The van der Waals surface area contributed by atoms with Crippen LogP contribution in [0.3, 0.4) is 0 Å². The predicted molar refractivity (Wildman–Crippen MR) is 92.3 cm³/mol. The molecule has 0 aromatic heterocycles. The van der Waals surface area contributed by atoms with Crippen molar-refractivity contribution in [2.24, 2.45) is 0 Å². The molecule has 2 aromatic carbocycles. The van der Waals surface area contributed by atoms with Gasteiger partial charge in [0.25, 0.3) is 0 Å². The lowest BCUT2D eigenvalue weighted by atomic mass is 10.1. The fourth-order valence-electron chi connectivity index (χ4n) is 2.72. The second-order valence-electron chi connectivity index (χ2n) is 5.80. The lowest BCUT2D eigenvalue weighted by Crippen LogP contribution is -2.49. The minimum Gasteiger partial charge on any atom is -0.337 e. The zero-order valence-electron chi connectivity index (χ0n) is 13.5. The minimum absolute atomic E-state index is 0.0607. The fourth-order valence-corrected chi connectivity index (χ4v) is 4.15. The van der Waals surface area contributed by atoms with Crippen LogP contribution in [0.2, 0.25) is 0 Å². The van der Waals surface area contributed by atoms with Crippen molar-refractivity contribution < 1.29 is 18.0 Å². The molecular weight excluding hydrogens is 340 g/mol. The van der Waals surface area contributed by atoms with Crippen molar-refractivity contribution in [2.75, 3.05) is 6.54 Å². The van der Waals surface area contributed by atoms with Crippen LogP contribution in [0.5, 0.6) is 0 Å². The van der Waals surface area contributed by atoms with Crippen LogP contribution < -0.4 is 5.32 Å². The second kappa shape index (κ2) is 7.06. The van der Waals surface area contributed by atoms with Crippen molar-refractivity contribution in [3.8, 4) is 0 Å². The van der Waals surface area contributed by atoms with Gasteiger partial charge >= 0.3 is 6.03 Å². The van der Waals surface area contributed by atoms with Crippen molar-refractivity contribution in [3.63, 3.8) is 0 Å². The minimum atomic E-state index is -3.51. The number of benzene rings is 2. The number of sulfone groups is 1. The van der Waals surface area contributed by atoms with E-state index in [2.05, 4.69) is 5.32 Å². The molecule has 3 amide bonds. The lowest BCUT2D eigenvalue weighted by Gasteiger charge is -2.26. The van der Waals surface area contributed by atoms with E-state index < -0.39 is 15.9 Å². The van der Waals surface area contributed by atoms with Crippen LogP contribution in [-0.4, -0.2) is 31.8 Å². The molecule has 0 spiro atoms. The number of urea groups is 1. The SMILES string of the molecule is O=C1CCNC(=O)N1Cc1ccccc1CS(=O)(=O)c1ccccc1. The third-order valence-corrected chi connectivity index (χ3v) is 5.74. The van der Waals surface area contributed by atoms with Crippen LogP contribution in [0, 0.1) is 0 Å². The maximum atomic E-state index is 12.6. The van der Waals surface area contributed by atoms with E-state index >= 15 is 0 Å². The fraction of sp³-hybridized carbons (Fsp3) is 0.222. The zero-order chi connectivity index (χ0) is 17.9. The second-order valence-corrected chi connectivity index (χ2v) is 7.79. The molecule has 1 aliphatic rings. The van der Waals surface area contributed by atoms with Crippen molar-refractivity contribution in [1.29, 1.82) is 0 Å². The molecule has 0 bridgehead atoms. The molecule has 0 aliphatic carbocycles. The van der Waals surface area contributed by atoms with E-state index in [9.17, 15) is 18.0 Å². The van der Waals surface area contributed by atoms with Gasteiger partial charge in [0, 0.05) is 13.0 Å². The number of rotatable bonds is 5. The van der Waals surface area contributed by atoms with Gasteiger partial charge in [-0.2, -0.15) is 0 Å². The van der Waals surface area contributed by atoms with E-state index in [1.807, 2.05) is 0 Å². The summed E-state index contributed by atoms with van der Waals surface area (Å²) in [4.78, 5) is 25.2. The van der Waals surface area contributed by atoms with E-state index in [0.29, 0.717) is 17.7 Å². The molecule has 1 fully saturated rings. The quantitative estimate of drug-likeness (QED) is 0.887. The van der Waals surface area contributed by atoms with Crippen molar-refractivity contribution in [2.45, 2.75) is 23.6 Å². The molecule has 1 N–H and O–H groups in total. The van der Waals surface area contributed by atoms with Gasteiger partial charge < -0.3 is 5.32 Å².